The fraction of sp³-hybridized carbons (Fsp3) is 1.00. The van der Waals surface area contributed by atoms with Gasteiger partial charge in [-0.25, -0.2) is 0 Å². The molecule has 1 aliphatic carbocycles. The zero-order valence-electron chi connectivity index (χ0n) is 7.96. The van der Waals surface area contributed by atoms with E-state index in [-0.39, 0.29) is 0 Å². The summed E-state index contributed by atoms with van der Waals surface area (Å²) in [5.74, 6) is 2.07. The Morgan fingerprint density at radius 2 is 2.00 bits per heavy atom. The van der Waals surface area contributed by atoms with Gasteiger partial charge in [-0.1, -0.05) is 13.3 Å². The summed E-state index contributed by atoms with van der Waals surface area (Å²) < 4.78 is 5.31. The lowest BCUT2D eigenvalue weighted by Crippen LogP contribution is -2.37. The lowest BCUT2D eigenvalue weighted by atomic mass is 10.2. The Labute approximate surface area is 74.9 Å². The maximum Gasteiger partial charge on any atom is 0.0594 e. The van der Waals surface area contributed by atoms with Crippen LogP contribution < -0.4 is 0 Å². The molecule has 0 aromatic carbocycles. The van der Waals surface area contributed by atoms with Crippen LogP contribution in [0.15, 0.2) is 0 Å². The molecule has 0 bridgehead atoms. The van der Waals surface area contributed by atoms with Gasteiger partial charge in [-0.05, 0) is 18.3 Å². The summed E-state index contributed by atoms with van der Waals surface area (Å²) in [6.45, 7) is 7.86. The van der Waals surface area contributed by atoms with E-state index in [0.717, 1.165) is 38.1 Å². The van der Waals surface area contributed by atoms with Gasteiger partial charge in [0.1, 0.15) is 0 Å². The van der Waals surface area contributed by atoms with Crippen LogP contribution in [0, 0.1) is 11.8 Å². The molecule has 2 aliphatic rings. The van der Waals surface area contributed by atoms with E-state index < -0.39 is 0 Å². The van der Waals surface area contributed by atoms with Crippen LogP contribution in [0.2, 0.25) is 0 Å². The van der Waals surface area contributed by atoms with Gasteiger partial charge in [0, 0.05) is 19.6 Å². The second-order valence-corrected chi connectivity index (χ2v) is 4.08. The van der Waals surface area contributed by atoms with Crippen molar-refractivity contribution in [2.45, 2.75) is 19.8 Å². The van der Waals surface area contributed by atoms with E-state index >= 15 is 0 Å². The summed E-state index contributed by atoms with van der Waals surface area (Å²) in [5, 5.41) is 0. The van der Waals surface area contributed by atoms with E-state index in [4.69, 9.17) is 4.74 Å². The van der Waals surface area contributed by atoms with E-state index in [2.05, 4.69) is 11.8 Å². The molecule has 0 aromatic rings. The van der Waals surface area contributed by atoms with Gasteiger partial charge >= 0.3 is 0 Å². The molecule has 0 unspecified atom stereocenters. The van der Waals surface area contributed by atoms with Gasteiger partial charge in [0.2, 0.25) is 0 Å². The highest BCUT2D eigenvalue weighted by Gasteiger charge is 2.36. The summed E-state index contributed by atoms with van der Waals surface area (Å²) >= 11 is 0. The Balaban J connectivity index is 1.66. The minimum Gasteiger partial charge on any atom is -0.379 e. The number of hydrogen-bond donors (Lipinski definition) is 0. The average Bonchev–Trinajstić information content (AvgIpc) is 2.85. The van der Waals surface area contributed by atoms with E-state index in [1.165, 1.54) is 19.4 Å². The molecular formula is C10H19NO. The van der Waals surface area contributed by atoms with Crippen molar-refractivity contribution < 1.29 is 4.74 Å². The summed E-state index contributed by atoms with van der Waals surface area (Å²) in [5.41, 5.74) is 0. The topological polar surface area (TPSA) is 12.5 Å². The number of hydrogen-bond acceptors (Lipinski definition) is 2. The van der Waals surface area contributed by atoms with Crippen molar-refractivity contribution in [2.75, 3.05) is 32.8 Å². The molecule has 0 aromatic heterocycles. The van der Waals surface area contributed by atoms with Crippen LogP contribution in [0.4, 0.5) is 0 Å². The average molecular weight is 169 g/mol. The third-order valence-corrected chi connectivity index (χ3v) is 3.19. The van der Waals surface area contributed by atoms with Crippen LogP contribution >= 0.6 is 0 Å². The molecule has 2 fully saturated rings. The van der Waals surface area contributed by atoms with Crippen LogP contribution in [0.25, 0.3) is 0 Å². The quantitative estimate of drug-likeness (QED) is 0.632. The highest BCUT2D eigenvalue weighted by Crippen LogP contribution is 2.41. The summed E-state index contributed by atoms with van der Waals surface area (Å²) in [4.78, 5) is 2.56. The number of nitrogens with zero attached hydrogens (tertiary/aromatic N) is 1. The van der Waals surface area contributed by atoms with Crippen molar-refractivity contribution in [3.05, 3.63) is 0 Å². The van der Waals surface area contributed by atoms with Crippen molar-refractivity contribution in [3.8, 4) is 0 Å². The maximum atomic E-state index is 5.31. The van der Waals surface area contributed by atoms with Crippen molar-refractivity contribution >= 4 is 0 Å². The van der Waals surface area contributed by atoms with Crippen LogP contribution in [0.5, 0.6) is 0 Å². The fourth-order valence-electron chi connectivity index (χ4n) is 2.15. The molecule has 0 spiro atoms. The third-order valence-electron chi connectivity index (χ3n) is 3.19. The van der Waals surface area contributed by atoms with Crippen LogP contribution in [-0.4, -0.2) is 37.7 Å². The maximum absolute atomic E-state index is 5.31. The molecule has 12 heavy (non-hydrogen) atoms. The van der Waals surface area contributed by atoms with Gasteiger partial charge in [-0.15, -0.1) is 0 Å². The van der Waals surface area contributed by atoms with Gasteiger partial charge in [-0.2, -0.15) is 0 Å². The first kappa shape index (κ1) is 8.52. The Morgan fingerprint density at radius 1 is 1.25 bits per heavy atom. The van der Waals surface area contributed by atoms with Gasteiger partial charge in [0.05, 0.1) is 13.2 Å². The molecule has 70 valence electrons. The minimum atomic E-state index is 0.948. The largest absolute Gasteiger partial charge is 0.379 e. The highest BCUT2D eigenvalue weighted by atomic mass is 16.5. The molecular weight excluding hydrogens is 150 g/mol. The molecule has 1 saturated carbocycles. The fourth-order valence-corrected chi connectivity index (χ4v) is 2.15. The summed E-state index contributed by atoms with van der Waals surface area (Å²) in [6, 6.07) is 0. The van der Waals surface area contributed by atoms with E-state index in [1.54, 1.807) is 0 Å². The second-order valence-electron chi connectivity index (χ2n) is 4.08. The first-order valence-corrected chi connectivity index (χ1v) is 5.20. The van der Waals surface area contributed by atoms with Crippen LogP contribution in [0.3, 0.4) is 0 Å². The molecule has 1 aliphatic heterocycles. The lowest BCUT2D eigenvalue weighted by molar-refractivity contribution is 0.0351. The van der Waals surface area contributed by atoms with Crippen molar-refractivity contribution in [1.82, 2.24) is 4.90 Å². The van der Waals surface area contributed by atoms with Crippen LogP contribution in [0.1, 0.15) is 19.8 Å². The van der Waals surface area contributed by atoms with Crippen LogP contribution in [-0.2, 0) is 4.74 Å². The molecule has 1 heterocycles. The van der Waals surface area contributed by atoms with Crippen molar-refractivity contribution in [3.63, 3.8) is 0 Å². The van der Waals surface area contributed by atoms with E-state index in [1.807, 2.05) is 0 Å². The number of morpholine rings is 1. The molecule has 2 atom stereocenters. The lowest BCUT2D eigenvalue weighted by Gasteiger charge is -2.26. The third kappa shape index (κ3) is 1.99. The molecule has 1 saturated heterocycles. The molecule has 0 amide bonds. The monoisotopic (exact) mass is 169 g/mol. The number of rotatable bonds is 3. The van der Waals surface area contributed by atoms with Crippen molar-refractivity contribution in [2.24, 2.45) is 11.8 Å². The Bertz CT molecular complexity index is 143. The number of ether oxygens (including phenoxy) is 1. The SMILES string of the molecule is CC[C@H]1C[C@@H]1CN1CCOCC1. The molecule has 0 radical (unpaired) electrons. The predicted octanol–water partition coefficient (Wildman–Crippen LogP) is 1.36. The summed E-state index contributed by atoms with van der Waals surface area (Å²) in [6.07, 6.45) is 2.86. The van der Waals surface area contributed by atoms with Gasteiger partial charge in [-0.3, -0.25) is 4.90 Å². The van der Waals surface area contributed by atoms with Crippen molar-refractivity contribution in [1.29, 1.82) is 0 Å². The normalized spacial score (nSPS) is 36.8. The standard InChI is InChI=1S/C10H19NO/c1-2-9-7-10(9)8-11-3-5-12-6-4-11/h9-10H,2-8H2,1H3/t9-,10+/m0/s1. The second kappa shape index (κ2) is 3.75. The Hall–Kier alpha value is -0.0800. The van der Waals surface area contributed by atoms with Gasteiger partial charge < -0.3 is 4.74 Å². The molecule has 2 heteroatoms. The Morgan fingerprint density at radius 3 is 2.58 bits per heavy atom. The molecule has 2 rings (SSSR count). The first-order chi connectivity index (χ1) is 5.90. The minimum absolute atomic E-state index is 0.948. The van der Waals surface area contributed by atoms with Gasteiger partial charge in [0.15, 0.2) is 0 Å². The summed E-state index contributed by atoms with van der Waals surface area (Å²) in [7, 11) is 0. The zero-order valence-corrected chi connectivity index (χ0v) is 7.96. The molecule has 2 nitrogen and oxygen atoms in total. The van der Waals surface area contributed by atoms with Gasteiger partial charge in [0.25, 0.3) is 0 Å². The highest BCUT2D eigenvalue weighted by molar-refractivity contribution is 4.87. The smallest absolute Gasteiger partial charge is 0.0594 e. The zero-order chi connectivity index (χ0) is 8.39. The molecule has 0 N–H and O–H groups in total. The Kier molecular flexibility index (Phi) is 2.66. The van der Waals surface area contributed by atoms with E-state index in [9.17, 15) is 0 Å². The first-order valence-electron chi connectivity index (χ1n) is 5.20. The van der Waals surface area contributed by atoms with E-state index in [0.29, 0.717) is 0 Å². The predicted molar refractivity (Wildman–Crippen MR) is 49.1 cm³/mol.